The molecule has 1 fully saturated rings. The molecule has 5 heteroatoms. The Morgan fingerprint density at radius 1 is 1.30 bits per heavy atom. The van der Waals surface area contributed by atoms with Crippen LogP contribution in [-0.2, 0) is 13.0 Å². The van der Waals surface area contributed by atoms with E-state index in [4.69, 9.17) is 0 Å². The van der Waals surface area contributed by atoms with Crippen molar-refractivity contribution in [1.29, 1.82) is 0 Å². The van der Waals surface area contributed by atoms with Crippen molar-refractivity contribution in [2.75, 3.05) is 32.7 Å². The number of aryl methyl sites for hydroxylation is 2. The predicted molar refractivity (Wildman–Crippen MR) is 92.2 cm³/mol. The smallest absolute Gasteiger partial charge is 0.336 e. The van der Waals surface area contributed by atoms with Gasteiger partial charge in [-0.2, -0.15) is 0 Å². The van der Waals surface area contributed by atoms with Gasteiger partial charge in [0.05, 0.1) is 5.56 Å². The molecule has 0 atom stereocenters. The normalized spacial score (nSPS) is 16.0. The van der Waals surface area contributed by atoms with Gasteiger partial charge in [0.2, 0.25) is 0 Å². The van der Waals surface area contributed by atoms with E-state index < -0.39 is 5.97 Å². The fourth-order valence-electron chi connectivity index (χ4n) is 3.50. The van der Waals surface area contributed by atoms with E-state index in [0.717, 1.165) is 68.6 Å². The second-order valence-electron chi connectivity index (χ2n) is 6.14. The number of hydrogen-bond acceptors (Lipinski definition) is 3. The molecule has 0 unspecified atom stereocenters. The lowest BCUT2D eigenvalue weighted by Crippen LogP contribution is -2.43. The Morgan fingerprint density at radius 3 is 2.78 bits per heavy atom. The summed E-state index contributed by atoms with van der Waals surface area (Å²) in [5.74, 6) is -0.840. The van der Waals surface area contributed by atoms with Crippen molar-refractivity contribution < 1.29 is 9.90 Å². The summed E-state index contributed by atoms with van der Waals surface area (Å²) in [5.41, 5.74) is 2.62. The number of nitrogens with one attached hydrogen (secondary N) is 1. The third-order valence-corrected chi connectivity index (χ3v) is 4.69. The summed E-state index contributed by atoms with van der Waals surface area (Å²) in [6.07, 6.45) is 4.13. The first kappa shape index (κ1) is 16.0. The first-order valence-corrected chi connectivity index (χ1v) is 8.47. The van der Waals surface area contributed by atoms with Gasteiger partial charge in [0.15, 0.2) is 0 Å². The molecule has 1 saturated heterocycles. The topological polar surface area (TPSA) is 57.5 Å². The summed E-state index contributed by atoms with van der Waals surface area (Å²) in [5, 5.41) is 13.8. The minimum atomic E-state index is -0.840. The predicted octanol–water partition coefficient (Wildman–Crippen LogP) is 2.20. The van der Waals surface area contributed by atoms with E-state index in [2.05, 4.69) is 27.9 Å². The number of piperazine rings is 1. The molecule has 0 saturated carbocycles. The lowest BCUT2D eigenvalue weighted by Gasteiger charge is -2.27. The highest BCUT2D eigenvalue weighted by Gasteiger charge is 2.16. The van der Waals surface area contributed by atoms with E-state index in [9.17, 15) is 9.90 Å². The molecule has 1 aliphatic heterocycles. The molecule has 2 aromatic rings. The summed E-state index contributed by atoms with van der Waals surface area (Å²) in [4.78, 5) is 14.0. The van der Waals surface area contributed by atoms with E-state index >= 15 is 0 Å². The number of carbonyl (C=O) groups is 1. The molecule has 1 aromatic carbocycles. The number of nitrogens with zero attached hydrogens (tertiary/aromatic N) is 2. The fraction of sp³-hybridized carbons (Fsp3) is 0.500. The van der Waals surface area contributed by atoms with Gasteiger partial charge in [-0.05, 0) is 44.0 Å². The molecule has 2 heterocycles. The van der Waals surface area contributed by atoms with Crippen molar-refractivity contribution >= 4 is 16.9 Å². The molecule has 5 nitrogen and oxygen atoms in total. The molecule has 3 rings (SSSR count). The summed E-state index contributed by atoms with van der Waals surface area (Å²) in [6.45, 7) is 8.38. The molecule has 23 heavy (non-hydrogen) atoms. The number of aromatic nitrogens is 1. The zero-order valence-electron chi connectivity index (χ0n) is 13.7. The number of rotatable bonds is 6. The quantitative estimate of drug-likeness (QED) is 0.858. The lowest BCUT2D eigenvalue weighted by molar-refractivity contribution is 0.0699. The van der Waals surface area contributed by atoms with Crippen LogP contribution in [0.2, 0.25) is 0 Å². The highest BCUT2D eigenvalue weighted by molar-refractivity contribution is 6.04. The van der Waals surface area contributed by atoms with E-state index in [1.807, 2.05) is 12.1 Å². The largest absolute Gasteiger partial charge is 0.478 e. The first-order chi connectivity index (χ1) is 11.2. The second kappa shape index (κ2) is 7.15. The maximum Gasteiger partial charge on any atom is 0.336 e. The number of carboxylic acid groups (broad SMARTS) is 1. The van der Waals surface area contributed by atoms with Crippen LogP contribution in [0.3, 0.4) is 0 Å². The summed E-state index contributed by atoms with van der Waals surface area (Å²) in [7, 11) is 0. The number of aromatic carboxylic acids is 1. The summed E-state index contributed by atoms with van der Waals surface area (Å²) >= 11 is 0. The third-order valence-electron chi connectivity index (χ3n) is 4.69. The zero-order valence-corrected chi connectivity index (χ0v) is 13.7. The van der Waals surface area contributed by atoms with Gasteiger partial charge in [0.1, 0.15) is 0 Å². The molecule has 0 radical (unpaired) electrons. The Kier molecular flexibility index (Phi) is 4.98. The number of hydrogen-bond donors (Lipinski definition) is 2. The average molecular weight is 315 g/mol. The van der Waals surface area contributed by atoms with Crippen LogP contribution in [-0.4, -0.2) is 53.3 Å². The Hall–Kier alpha value is -1.85. The van der Waals surface area contributed by atoms with Crippen LogP contribution < -0.4 is 5.32 Å². The van der Waals surface area contributed by atoms with Gasteiger partial charge in [-0.1, -0.05) is 6.07 Å². The molecule has 1 aliphatic rings. The highest BCUT2D eigenvalue weighted by atomic mass is 16.4. The lowest BCUT2D eigenvalue weighted by atomic mass is 10.0. The second-order valence-corrected chi connectivity index (χ2v) is 6.14. The summed E-state index contributed by atoms with van der Waals surface area (Å²) in [6, 6.07) is 5.57. The van der Waals surface area contributed by atoms with Gasteiger partial charge in [0, 0.05) is 49.8 Å². The SMILES string of the molecule is CCn1cc(CCCN2CCNCC2)c2c(C(=O)O)cccc21. The van der Waals surface area contributed by atoms with Crippen LogP contribution in [0.1, 0.15) is 29.3 Å². The van der Waals surface area contributed by atoms with Crippen molar-refractivity contribution in [1.82, 2.24) is 14.8 Å². The molecular weight excluding hydrogens is 290 g/mol. The number of benzene rings is 1. The average Bonchev–Trinajstić information content (AvgIpc) is 2.94. The molecule has 0 aliphatic carbocycles. The van der Waals surface area contributed by atoms with Crippen molar-refractivity contribution in [2.45, 2.75) is 26.3 Å². The fourth-order valence-corrected chi connectivity index (χ4v) is 3.50. The van der Waals surface area contributed by atoms with E-state index in [0.29, 0.717) is 5.56 Å². The first-order valence-electron chi connectivity index (χ1n) is 8.47. The van der Waals surface area contributed by atoms with E-state index in [-0.39, 0.29) is 0 Å². The van der Waals surface area contributed by atoms with Crippen LogP contribution in [0.5, 0.6) is 0 Å². The molecule has 2 N–H and O–H groups in total. The monoisotopic (exact) mass is 315 g/mol. The Labute approximate surface area is 136 Å². The van der Waals surface area contributed by atoms with E-state index in [1.54, 1.807) is 6.07 Å². The van der Waals surface area contributed by atoms with Gasteiger partial charge < -0.3 is 19.9 Å². The number of fused-ring (bicyclic) bond motifs is 1. The van der Waals surface area contributed by atoms with Crippen LogP contribution in [0.15, 0.2) is 24.4 Å². The van der Waals surface area contributed by atoms with Crippen molar-refractivity contribution in [3.05, 3.63) is 35.5 Å². The van der Waals surface area contributed by atoms with E-state index in [1.165, 1.54) is 0 Å². The van der Waals surface area contributed by atoms with Crippen LogP contribution in [0, 0.1) is 0 Å². The zero-order chi connectivity index (χ0) is 16.2. The molecule has 0 amide bonds. The summed E-state index contributed by atoms with van der Waals surface area (Å²) < 4.78 is 2.15. The van der Waals surface area contributed by atoms with Crippen LogP contribution >= 0.6 is 0 Å². The Morgan fingerprint density at radius 2 is 2.09 bits per heavy atom. The van der Waals surface area contributed by atoms with Crippen molar-refractivity contribution in [3.63, 3.8) is 0 Å². The van der Waals surface area contributed by atoms with Gasteiger partial charge in [0.25, 0.3) is 0 Å². The van der Waals surface area contributed by atoms with Crippen LogP contribution in [0.4, 0.5) is 0 Å². The maximum absolute atomic E-state index is 11.6. The van der Waals surface area contributed by atoms with Crippen molar-refractivity contribution in [3.8, 4) is 0 Å². The minimum Gasteiger partial charge on any atom is -0.478 e. The van der Waals surface area contributed by atoms with Crippen LogP contribution in [0.25, 0.3) is 10.9 Å². The highest BCUT2D eigenvalue weighted by Crippen LogP contribution is 2.26. The third kappa shape index (κ3) is 3.41. The molecular formula is C18H25N3O2. The molecule has 1 aromatic heterocycles. The van der Waals surface area contributed by atoms with Crippen molar-refractivity contribution in [2.24, 2.45) is 0 Å². The Bertz CT molecular complexity index is 687. The van der Waals surface area contributed by atoms with Gasteiger partial charge in [-0.25, -0.2) is 4.79 Å². The maximum atomic E-state index is 11.6. The van der Waals surface area contributed by atoms with Gasteiger partial charge >= 0.3 is 5.97 Å². The minimum absolute atomic E-state index is 0.423. The van der Waals surface area contributed by atoms with Gasteiger partial charge in [-0.15, -0.1) is 0 Å². The molecule has 0 spiro atoms. The Balaban J connectivity index is 1.80. The standard InChI is InChI=1S/C18H25N3O2/c1-2-21-13-14(5-4-10-20-11-8-19-9-12-20)17-15(18(22)23)6-3-7-16(17)21/h3,6-7,13,19H,2,4-5,8-12H2,1H3,(H,22,23). The molecule has 0 bridgehead atoms. The number of carboxylic acids is 1. The van der Waals surface area contributed by atoms with Gasteiger partial charge in [-0.3, -0.25) is 0 Å². The molecule has 124 valence electrons.